The van der Waals surface area contributed by atoms with E-state index in [0.717, 1.165) is 49.8 Å². The molecule has 0 bridgehead atoms. The molecule has 1 N–H and O–H groups in total. The van der Waals surface area contributed by atoms with Crippen LogP contribution in [-0.2, 0) is 43.7 Å². The van der Waals surface area contributed by atoms with Crippen molar-refractivity contribution in [3.63, 3.8) is 0 Å². The SMILES string of the molecule is CCOC(=O)Cc1ccccc1OCc1cc(-c2cccc3c(CNC=[S-](=O)C(C)(C)C)coc23)c2occc2c1. The second-order valence-electron chi connectivity index (χ2n) is 10.7. The average molecular weight is 573 g/mol. The van der Waals surface area contributed by atoms with E-state index < -0.39 is 10.4 Å². The van der Waals surface area contributed by atoms with Gasteiger partial charge in [-0.05, 0) is 36.8 Å². The Morgan fingerprint density at radius 2 is 1.80 bits per heavy atom. The molecule has 0 aliphatic rings. The van der Waals surface area contributed by atoms with Crippen LogP contribution in [0, 0.1) is 0 Å². The van der Waals surface area contributed by atoms with E-state index in [2.05, 4.69) is 11.4 Å². The summed E-state index contributed by atoms with van der Waals surface area (Å²) in [6, 6.07) is 19.6. The zero-order valence-electron chi connectivity index (χ0n) is 23.7. The number of hydrogen-bond acceptors (Lipinski definition) is 7. The fourth-order valence-electron chi connectivity index (χ4n) is 4.61. The van der Waals surface area contributed by atoms with Gasteiger partial charge in [-0.2, -0.15) is 0 Å². The van der Waals surface area contributed by atoms with Crippen LogP contribution in [0.5, 0.6) is 5.75 Å². The van der Waals surface area contributed by atoms with Gasteiger partial charge >= 0.3 is 5.97 Å². The van der Waals surface area contributed by atoms with E-state index in [4.69, 9.17) is 18.3 Å². The molecule has 2 aromatic heterocycles. The molecule has 0 aliphatic heterocycles. The lowest BCUT2D eigenvalue weighted by atomic mass is 9.98. The number of esters is 1. The largest absolute Gasteiger partial charge is 0.489 e. The van der Waals surface area contributed by atoms with Gasteiger partial charge in [0.2, 0.25) is 0 Å². The van der Waals surface area contributed by atoms with Crippen molar-refractivity contribution in [3.05, 3.63) is 89.9 Å². The first-order chi connectivity index (χ1) is 19.7. The molecular formula is C33H34NO6S-. The maximum atomic E-state index is 12.4. The number of carbonyl (C=O) groups is 1. The van der Waals surface area contributed by atoms with Gasteiger partial charge in [-0.1, -0.05) is 61.9 Å². The highest BCUT2D eigenvalue weighted by atomic mass is 32.2. The minimum atomic E-state index is -1.12. The quantitative estimate of drug-likeness (QED) is 0.108. The highest BCUT2D eigenvalue weighted by molar-refractivity contribution is 7.84. The van der Waals surface area contributed by atoms with Crippen LogP contribution >= 0.6 is 0 Å². The Labute approximate surface area is 241 Å². The highest BCUT2D eigenvalue weighted by Gasteiger charge is 2.17. The lowest BCUT2D eigenvalue weighted by Gasteiger charge is -2.23. The zero-order chi connectivity index (χ0) is 29.0. The molecule has 41 heavy (non-hydrogen) atoms. The van der Waals surface area contributed by atoms with E-state index in [1.54, 1.807) is 24.9 Å². The molecule has 7 nitrogen and oxygen atoms in total. The number of hydrogen-bond donors (Lipinski definition) is 1. The van der Waals surface area contributed by atoms with Gasteiger partial charge in [-0.25, -0.2) is 0 Å². The molecule has 0 saturated heterocycles. The Balaban J connectivity index is 1.43. The lowest BCUT2D eigenvalue weighted by Crippen LogP contribution is -2.22. The minimum Gasteiger partial charge on any atom is -0.489 e. The summed E-state index contributed by atoms with van der Waals surface area (Å²) in [5.74, 6) is 0.357. The Bertz CT molecular complexity index is 1770. The molecular weight excluding hydrogens is 538 g/mol. The number of para-hydroxylation sites is 2. The number of fused-ring (bicyclic) bond motifs is 2. The maximum Gasteiger partial charge on any atom is 0.310 e. The summed E-state index contributed by atoms with van der Waals surface area (Å²) in [6.07, 6.45) is 3.57. The van der Waals surface area contributed by atoms with E-state index >= 15 is 0 Å². The van der Waals surface area contributed by atoms with E-state index in [0.29, 0.717) is 25.5 Å². The molecule has 214 valence electrons. The van der Waals surface area contributed by atoms with Crippen molar-refractivity contribution in [1.29, 1.82) is 0 Å². The number of carbonyl (C=O) groups excluding carboxylic acids is 1. The third-order valence-electron chi connectivity index (χ3n) is 6.67. The van der Waals surface area contributed by atoms with E-state index in [1.807, 2.05) is 75.4 Å². The van der Waals surface area contributed by atoms with E-state index in [1.165, 1.54) is 0 Å². The van der Waals surface area contributed by atoms with Crippen molar-refractivity contribution in [1.82, 2.24) is 5.32 Å². The third-order valence-corrected chi connectivity index (χ3v) is 8.26. The molecule has 0 unspecified atom stereocenters. The predicted octanol–water partition coefficient (Wildman–Crippen LogP) is 7.14. The Kier molecular flexibility index (Phi) is 8.52. The minimum absolute atomic E-state index is 0.150. The number of benzene rings is 3. The van der Waals surface area contributed by atoms with Crippen LogP contribution in [0.25, 0.3) is 33.1 Å². The van der Waals surface area contributed by atoms with Crippen LogP contribution in [0.2, 0.25) is 0 Å². The molecule has 5 aromatic rings. The third kappa shape index (κ3) is 6.50. The predicted molar refractivity (Wildman–Crippen MR) is 163 cm³/mol. The highest BCUT2D eigenvalue weighted by Crippen LogP contribution is 2.37. The Morgan fingerprint density at radius 1 is 0.976 bits per heavy atom. The first kappa shape index (κ1) is 28.5. The molecule has 0 spiro atoms. The molecule has 0 saturated carbocycles. The summed E-state index contributed by atoms with van der Waals surface area (Å²) in [6.45, 7) is 8.76. The molecule has 8 heteroatoms. The van der Waals surface area contributed by atoms with Crippen molar-refractivity contribution in [2.24, 2.45) is 0 Å². The van der Waals surface area contributed by atoms with Crippen LogP contribution in [-0.4, -0.2) is 22.8 Å². The Hall–Kier alpha value is -4.01. The number of ether oxygens (including phenoxy) is 2. The monoisotopic (exact) mass is 572 g/mol. The van der Waals surface area contributed by atoms with Crippen molar-refractivity contribution in [3.8, 4) is 16.9 Å². The Morgan fingerprint density at radius 3 is 2.61 bits per heavy atom. The summed E-state index contributed by atoms with van der Waals surface area (Å²) < 4.78 is 35.4. The second kappa shape index (κ2) is 12.2. The normalized spacial score (nSPS) is 12.7. The van der Waals surface area contributed by atoms with Gasteiger partial charge < -0.3 is 27.8 Å². The molecule has 0 amide bonds. The van der Waals surface area contributed by atoms with Crippen LogP contribution in [0.15, 0.2) is 82.0 Å². The topological polar surface area (TPSA) is 90.9 Å². The van der Waals surface area contributed by atoms with Crippen LogP contribution < -0.4 is 10.1 Å². The molecule has 2 heterocycles. The van der Waals surface area contributed by atoms with Crippen LogP contribution in [0.1, 0.15) is 44.4 Å². The fourth-order valence-corrected chi connectivity index (χ4v) is 5.20. The van der Waals surface area contributed by atoms with Gasteiger partial charge in [0, 0.05) is 39.6 Å². The smallest absolute Gasteiger partial charge is 0.310 e. The zero-order valence-corrected chi connectivity index (χ0v) is 24.5. The fraction of sp³-hybridized carbons (Fsp3) is 0.273. The number of nitrogens with one attached hydrogen (secondary N) is 1. The second-order valence-corrected chi connectivity index (χ2v) is 12.8. The van der Waals surface area contributed by atoms with Gasteiger partial charge in [0.05, 0.1) is 25.6 Å². The van der Waals surface area contributed by atoms with Gasteiger partial charge in [0.1, 0.15) is 23.5 Å². The molecule has 0 fully saturated rings. The number of rotatable bonds is 10. The van der Waals surface area contributed by atoms with Crippen LogP contribution in [0.3, 0.4) is 0 Å². The van der Waals surface area contributed by atoms with Gasteiger partial charge in [-0.3, -0.25) is 15.2 Å². The summed E-state index contributed by atoms with van der Waals surface area (Å²) in [7, 11) is -1.12. The van der Waals surface area contributed by atoms with Crippen molar-refractivity contribution >= 4 is 43.8 Å². The first-order valence-corrected chi connectivity index (χ1v) is 14.8. The summed E-state index contributed by atoms with van der Waals surface area (Å²) in [4.78, 5) is 12.1. The van der Waals surface area contributed by atoms with Gasteiger partial charge in [0.25, 0.3) is 0 Å². The van der Waals surface area contributed by atoms with Crippen LogP contribution in [0.4, 0.5) is 0 Å². The van der Waals surface area contributed by atoms with E-state index in [9.17, 15) is 9.00 Å². The number of furan rings is 2. The maximum absolute atomic E-state index is 12.4. The standard InChI is InChI=1S/C33H34NO6S/c1-5-37-30(35)17-23-9-6-7-12-29(23)39-19-22-15-24-13-14-38-31(24)28(16-22)27-11-8-10-26-25(20-40-32(26)27)18-34-21-41(36)33(2,3)4/h6-16,20-21,34H,5,17-19H2,1-4H3/q-1. The summed E-state index contributed by atoms with van der Waals surface area (Å²) in [5.41, 5.74) is 7.64. The summed E-state index contributed by atoms with van der Waals surface area (Å²) >= 11 is 0. The molecule has 0 radical (unpaired) electrons. The van der Waals surface area contributed by atoms with Gasteiger partial charge in [0.15, 0.2) is 0 Å². The molecule has 0 aliphatic carbocycles. The summed E-state index contributed by atoms with van der Waals surface area (Å²) in [5, 5.41) is 5.11. The van der Waals surface area contributed by atoms with Gasteiger partial charge in [-0.15, -0.1) is 5.49 Å². The lowest BCUT2D eigenvalue weighted by molar-refractivity contribution is -0.142. The first-order valence-electron chi connectivity index (χ1n) is 13.6. The molecule has 5 rings (SSSR count). The molecule has 0 atom stereocenters. The van der Waals surface area contributed by atoms with Crippen molar-refractivity contribution < 1.29 is 27.3 Å². The average Bonchev–Trinajstić information content (AvgIpc) is 3.59. The van der Waals surface area contributed by atoms with Crippen molar-refractivity contribution in [2.45, 2.75) is 52.0 Å². The van der Waals surface area contributed by atoms with Crippen molar-refractivity contribution in [2.75, 3.05) is 6.61 Å². The molecule has 3 aromatic carbocycles. The van der Waals surface area contributed by atoms with E-state index in [-0.39, 0.29) is 17.1 Å².